The van der Waals surface area contributed by atoms with Crippen molar-refractivity contribution in [3.63, 3.8) is 0 Å². The molecular formula is C19H20N2O2. The van der Waals surface area contributed by atoms with E-state index in [1.807, 2.05) is 48.5 Å². The van der Waals surface area contributed by atoms with Crippen molar-refractivity contribution in [1.29, 1.82) is 5.26 Å². The van der Waals surface area contributed by atoms with Gasteiger partial charge in [0.1, 0.15) is 0 Å². The van der Waals surface area contributed by atoms with Crippen LogP contribution in [0.2, 0.25) is 0 Å². The van der Waals surface area contributed by atoms with Gasteiger partial charge in [0.15, 0.2) is 0 Å². The second-order valence-corrected chi connectivity index (χ2v) is 5.09. The maximum absolute atomic E-state index is 11.2. The summed E-state index contributed by atoms with van der Waals surface area (Å²) >= 11 is 0. The predicted molar refractivity (Wildman–Crippen MR) is 89.5 cm³/mol. The molecule has 0 saturated heterocycles. The van der Waals surface area contributed by atoms with E-state index in [1.54, 1.807) is 6.92 Å². The van der Waals surface area contributed by atoms with Crippen LogP contribution in [-0.4, -0.2) is 19.1 Å². The number of nitrogens with zero attached hydrogens (tertiary/aromatic N) is 1. The Morgan fingerprint density at radius 1 is 1.17 bits per heavy atom. The Bertz CT molecular complexity index is 687. The van der Waals surface area contributed by atoms with E-state index in [-0.39, 0.29) is 5.97 Å². The van der Waals surface area contributed by atoms with Crippen molar-refractivity contribution < 1.29 is 9.53 Å². The number of hydrogen-bond acceptors (Lipinski definition) is 4. The van der Waals surface area contributed by atoms with Crippen molar-refractivity contribution in [2.75, 3.05) is 13.2 Å². The number of hydrogen-bond donors (Lipinski definition) is 1. The first-order valence-corrected chi connectivity index (χ1v) is 7.69. The summed E-state index contributed by atoms with van der Waals surface area (Å²) in [6.07, 6.45) is 0.376. The Balaban J connectivity index is 1.90. The molecule has 2 aromatic rings. The van der Waals surface area contributed by atoms with Gasteiger partial charge in [-0.1, -0.05) is 42.5 Å². The molecule has 0 saturated carbocycles. The number of esters is 1. The molecule has 0 aromatic heterocycles. The maximum Gasteiger partial charge on any atom is 0.307 e. The van der Waals surface area contributed by atoms with Crippen molar-refractivity contribution in [2.24, 2.45) is 0 Å². The summed E-state index contributed by atoms with van der Waals surface area (Å²) in [5, 5.41) is 12.4. The van der Waals surface area contributed by atoms with Crippen LogP contribution in [0.25, 0.3) is 11.1 Å². The molecule has 2 rings (SSSR count). The zero-order chi connectivity index (χ0) is 16.5. The van der Waals surface area contributed by atoms with E-state index in [2.05, 4.69) is 11.4 Å². The monoisotopic (exact) mass is 308 g/mol. The SMILES string of the molecule is CCOC(=O)CCNCc1ccc(-c2ccccc2C#N)cc1. The molecular weight excluding hydrogens is 288 g/mol. The van der Waals surface area contributed by atoms with Crippen LogP contribution in [0.4, 0.5) is 0 Å². The molecule has 0 bridgehead atoms. The number of carbonyl (C=O) groups excluding carboxylic acids is 1. The number of benzene rings is 2. The maximum atomic E-state index is 11.2. The van der Waals surface area contributed by atoms with Crippen molar-refractivity contribution in [3.8, 4) is 17.2 Å². The van der Waals surface area contributed by atoms with Crippen LogP contribution in [0.3, 0.4) is 0 Å². The number of rotatable bonds is 7. The predicted octanol–water partition coefficient (Wildman–Crippen LogP) is 3.27. The van der Waals surface area contributed by atoms with Gasteiger partial charge in [0.2, 0.25) is 0 Å². The van der Waals surface area contributed by atoms with Gasteiger partial charge in [0.25, 0.3) is 0 Å². The van der Waals surface area contributed by atoms with Crippen molar-refractivity contribution in [1.82, 2.24) is 5.32 Å². The van der Waals surface area contributed by atoms with Crippen LogP contribution < -0.4 is 5.32 Å². The molecule has 4 nitrogen and oxygen atoms in total. The molecule has 0 radical (unpaired) electrons. The fraction of sp³-hybridized carbons (Fsp3) is 0.263. The van der Waals surface area contributed by atoms with Crippen LogP contribution in [0.15, 0.2) is 48.5 Å². The van der Waals surface area contributed by atoms with Gasteiger partial charge in [0, 0.05) is 13.1 Å². The second kappa shape index (κ2) is 8.72. The summed E-state index contributed by atoms with van der Waals surface area (Å²) in [6, 6.07) is 17.9. The first-order chi connectivity index (χ1) is 11.2. The highest BCUT2D eigenvalue weighted by Crippen LogP contribution is 2.23. The van der Waals surface area contributed by atoms with Gasteiger partial charge in [-0.05, 0) is 29.7 Å². The number of carbonyl (C=O) groups is 1. The number of ether oxygens (including phenoxy) is 1. The van der Waals surface area contributed by atoms with E-state index in [0.29, 0.717) is 31.7 Å². The molecule has 23 heavy (non-hydrogen) atoms. The lowest BCUT2D eigenvalue weighted by Crippen LogP contribution is -2.18. The highest BCUT2D eigenvalue weighted by Gasteiger charge is 2.04. The minimum atomic E-state index is -0.177. The highest BCUT2D eigenvalue weighted by atomic mass is 16.5. The quantitative estimate of drug-likeness (QED) is 0.630. The summed E-state index contributed by atoms with van der Waals surface area (Å²) in [5.74, 6) is -0.177. The Labute approximate surface area is 136 Å². The fourth-order valence-electron chi connectivity index (χ4n) is 2.29. The average Bonchev–Trinajstić information content (AvgIpc) is 2.59. The third kappa shape index (κ3) is 4.94. The van der Waals surface area contributed by atoms with E-state index in [9.17, 15) is 4.79 Å². The molecule has 0 atom stereocenters. The largest absolute Gasteiger partial charge is 0.466 e. The zero-order valence-electron chi connectivity index (χ0n) is 13.2. The van der Waals surface area contributed by atoms with Gasteiger partial charge in [-0.2, -0.15) is 5.26 Å². The Morgan fingerprint density at radius 3 is 2.61 bits per heavy atom. The van der Waals surface area contributed by atoms with Crippen molar-refractivity contribution in [2.45, 2.75) is 19.9 Å². The van der Waals surface area contributed by atoms with Gasteiger partial charge in [-0.3, -0.25) is 4.79 Å². The lowest BCUT2D eigenvalue weighted by atomic mass is 9.99. The minimum absolute atomic E-state index is 0.177. The Morgan fingerprint density at radius 2 is 1.91 bits per heavy atom. The molecule has 4 heteroatoms. The van der Waals surface area contributed by atoms with Crippen LogP contribution in [0, 0.1) is 11.3 Å². The first-order valence-electron chi connectivity index (χ1n) is 7.69. The molecule has 0 aliphatic heterocycles. The van der Waals surface area contributed by atoms with Crippen molar-refractivity contribution >= 4 is 5.97 Å². The normalized spacial score (nSPS) is 10.1. The minimum Gasteiger partial charge on any atom is -0.466 e. The van der Waals surface area contributed by atoms with Crippen molar-refractivity contribution in [3.05, 3.63) is 59.7 Å². The molecule has 2 aromatic carbocycles. The topological polar surface area (TPSA) is 62.1 Å². The highest BCUT2D eigenvalue weighted by molar-refractivity contribution is 5.70. The molecule has 0 aliphatic rings. The van der Waals surface area contributed by atoms with E-state index < -0.39 is 0 Å². The smallest absolute Gasteiger partial charge is 0.307 e. The Hall–Kier alpha value is -2.64. The van der Waals surface area contributed by atoms with E-state index in [4.69, 9.17) is 10.00 Å². The molecule has 0 heterocycles. The fourth-order valence-corrected chi connectivity index (χ4v) is 2.29. The zero-order valence-corrected chi connectivity index (χ0v) is 13.2. The third-order valence-corrected chi connectivity index (χ3v) is 3.45. The van der Waals surface area contributed by atoms with Gasteiger partial charge in [-0.25, -0.2) is 0 Å². The van der Waals surface area contributed by atoms with E-state index >= 15 is 0 Å². The van der Waals surface area contributed by atoms with Crippen LogP contribution >= 0.6 is 0 Å². The number of nitriles is 1. The summed E-state index contributed by atoms with van der Waals surface area (Å²) in [6.45, 7) is 3.51. The summed E-state index contributed by atoms with van der Waals surface area (Å²) in [7, 11) is 0. The molecule has 0 spiro atoms. The molecule has 0 unspecified atom stereocenters. The molecule has 1 N–H and O–H groups in total. The number of nitrogens with one attached hydrogen (secondary N) is 1. The molecule has 118 valence electrons. The first kappa shape index (κ1) is 16.7. The average molecular weight is 308 g/mol. The van der Waals surface area contributed by atoms with Gasteiger partial charge >= 0.3 is 5.97 Å². The van der Waals surface area contributed by atoms with Gasteiger partial charge in [-0.15, -0.1) is 0 Å². The van der Waals surface area contributed by atoms with E-state index in [1.165, 1.54) is 0 Å². The van der Waals surface area contributed by atoms with Crippen LogP contribution in [0.1, 0.15) is 24.5 Å². The third-order valence-electron chi connectivity index (χ3n) is 3.45. The van der Waals surface area contributed by atoms with Gasteiger partial charge < -0.3 is 10.1 Å². The van der Waals surface area contributed by atoms with Gasteiger partial charge in [0.05, 0.1) is 24.7 Å². The van der Waals surface area contributed by atoms with Crippen LogP contribution in [-0.2, 0) is 16.1 Å². The lowest BCUT2D eigenvalue weighted by molar-refractivity contribution is -0.142. The molecule has 0 amide bonds. The molecule has 0 fully saturated rings. The summed E-state index contributed by atoms with van der Waals surface area (Å²) in [4.78, 5) is 11.2. The summed E-state index contributed by atoms with van der Waals surface area (Å²) < 4.78 is 4.88. The standard InChI is InChI=1S/C19H20N2O2/c1-2-23-19(22)11-12-21-14-15-7-9-16(10-8-15)18-6-4-3-5-17(18)13-20/h3-10,21H,2,11-12,14H2,1H3. The summed E-state index contributed by atoms with van der Waals surface area (Å²) in [5.41, 5.74) is 3.77. The molecule has 0 aliphatic carbocycles. The van der Waals surface area contributed by atoms with Crippen LogP contribution in [0.5, 0.6) is 0 Å². The Kier molecular flexibility index (Phi) is 6.34. The second-order valence-electron chi connectivity index (χ2n) is 5.09. The lowest BCUT2D eigenvalue weighted by Gasteiger charge is -2.07. The van der Waals surface area contributed by atoms with E-state index in [0.717, 1.165) is 16.7 Å².